The first-order valence-electron chi connectivity index (χ1n) is 8.71. The monoisotopic (exact) mass is 404 g/mol. The fourth-order valence-corrected chi connectivity index (χ4v) is 3.15. The maximum absolute atomic E-state index is 12.0. The normalized spacial score (nSPS) is 24.1. The zero-order chi connectivity index (χ0) is 21.1. The van der Waals surface area contributed by atoms with E-state index in [0.29, 0.717) is 5.92 Å². The van der Waals surface area contributed by atoms with Gasteiger partial charge in [-0.25, -0.2) is 4.79 Å². The molecular weight excluding hydrogens is 381 g/mol. The Morgan fingerprint density at radius 1 is 1.29 bits per heavy atom. The van der Waals surface area contributed by atoms with Crippen LogP contribution in [0, 0.1) is 12.8 Å². The van der Waals surface area contributed by atoms with Crippen LogP contribution in [0.25, 0.3) is 0 Å². The van der Waals surface area contributed by atoms with E-state index in [-0.39, 0.29) is 18.1 Å². The van der Waals surface area contributed by atoms with Gasteiger partial charge in [-0.1, -0.05) is 0 Å². The maximum Gasteiger partial charge on any atom is 0.490 e. The highest BCUT2D eigenvalue weighted by atomic mass is 19.4. The number of likely N-dealkylation sites (N-methyl/N-ethyl adjacent to an activating group) is 1. The smallest absolute Gasteiger partial charge is 0.475 e. The number of aromatic nitrogens is 2. The first-order chi connectivity index (χ1) is 13.0. The van der Waals surface area contributed by atoms with E-state index < -0.39 is 12.1 Å². The second-order valence-electron chi connectivity index (χ2n) is 6.96. The van der Waals surface area contributed by atoms with Gasteiger partial charge in [0.05, 0.1) is 11.8 Å². The zero-order valence-electron chi connectivity index (χ0n) is 15.8. The van der Waals surface area contributed by atoms with Crippen molar-refractivity contribution < 1.29 is 32.6 Å². The number of fused-ring (bicyclic) bond motifs is 1. The Morgan fingerprint density at radius 2 is 1.93 bits per heavy atom. The molecule has 28 heavy (non-hydrogen) atoms. The highest BCUT2D eigenvalue weighted by molar-refractivity contribution is 5.80. The minimum absolute atomic E-state index is 0.0751. The van der Waals surface area contributed by atoms with E-state index in [1.54, 1.807) is 19.0 Å². The molecule has 2 aliphatic heterocycles. The van der Waals surface area contributed by atoms with Gasteiger partial charge in [0.25, 0.3) is 5.91 Å². The molecule has 1 N–H and O–H groups in total. The summed E-state index contributed by atoms with van der Waals surface area (Å²) in [5.74, 6) is -1.31. The summed E-state index contributed by atoms with van der Waals surface area (Å²) in [6, 6.07) is 3.97. The number of aliphatic carboxylic acids is 1. The van der Waals surface area contributed by atoms with E-state index in [1.807, 2.05) is 19.1 Å². The molecule has 2 fully saturated rings. The van der Waals surface area contributed by atoms with Gasteiger partial charge in [-0.2, -0.15) is 18.3 Å². The maximum atomic E-state index is 12.0. The Hall–Kier alpha value is -2.43. The largest absolute Gasteiger partial charge is 0.490 e. The molecule has 8 nitrogen and oxygen atoms in total. The van der Waals surface area contributed by atoms with Crippen molar-refractivity contribution in [1.29, 1.82) is 0 Å². The summed E-state index contributed by atoms with van der Waals surface area (Å²) in [7, 11) is 3.56. The molecule has 2 aliphatic rings. The number of carboxylic acid groups (broad SMARTS) is 1. The summed E-state index contributed by atoms with van der Waals surface area (Å²) in [6.45, 7) is 3.67. The molecule has 3 atom stereocenters. The number of amides is 1. The lowest BCUT2D eigenvalue weighted by molar-refractivity contribution is -0.192. The van der Waals surface area contributed by atoms with Crippen molar-refractivity contribution in [3.8, 4) is 0 Å². The first kappa shape index (κ1) is 21.9. The van der Waals surface area contributed by atoms with Crippen molar-refractivity contribution >= 4 is 17.7 Å². The third-order valence-electron chi connectivity index (χ3n) is 4.62. The predicted octanol–water partition coefficient (Wildman–Crippen LogP) is 1.49. The van der Waals surface area contributed by atoms with Crippen LogP contribution in [0.5, 0.6) is 0 Å². The molecule has 0 unspecified atom stereocenters. The zero-order valence-corrected chi connectivity index (χ0v) is 15.8. The van der Waals surface area contributed by atoms with Crippen molar-refractivity contribution in [2.24, 2.45) is 5.92 Å². The van der Waals surface area contributed by atoms with Gasteiger partial charge in [0.15, 0.2) is 5.82 Å². The Labute approximate surface area is 160 Å². The standard InChI is InChI=1S/C15H22N4O2.C2HF3O2/c1-10-4-5-14(17-16-10)19-7-6-11-8-12(15(20)18(2)3)21-13(11)9-19;3-2(4,5)1(6)7/h4-5,11-13H,6-9H2,1-3H3;(H,6,7)/t11-,12+,13+;/m0./s1. The van der Waals surface area contributed by atoms with Crippen LogP contribution in [-0.2, 0) is 14.3 Å². The molecular formula is C17H23F3N4O4. The Kier molecular flexibility index (Phi) is 6.81. The predicted molar refractivity (Wildman–Crippen MR) is 92.8 cm³/mol. The summed E-state index contributed by atoms with van der Waals surface area (Å²) in [6.07, 6.45) is -3.36. The number of hydrogen-bond donors (Lipinski definition) is 1. The molecule has 0 aliphatic carbocycles. The van der Waals surface area contributed by atoms with E-state index >= 15 is 0 Å². The van der Waals surface area contributed by atoms with Gasteiger partial charge in [-0.3, -0.25) is 4.79 Å². The molecule has 2 saturated heterocycles. The molecule has 0 bridgehead atoms. The van der Waals surface area contributed by atoms with Crippen molar-refractivity contribution in [3.05, 3.63) is 17.8 Å². The molecule has 0 radical (unpaired) electrons. The highest BCUT2D eigenvalue weighted by Gasteiger charge is 2.42. The van der Waals surface area contributed by atoms with E-state index in [9.17, 15) is 18.0 Å². The summed E-state index contributed by atoms with van der Waals surface area (Å²) in [5.41, 5.74) is 0.919. The number of carboxylic acids is 1. The first-order valence-corrected chi connectivity index (χ1v) is 8.71. The molecule has 1 aromatic heterocycles. The van der Waals surface area contributed by atoms with Crippen LogP contribution in [0.15, 0.2) is 12.1 Å². The number of halogens is 3. The number of hydrogen-bond acceptors (Lipinski definition) is 6. The van der Waals surface area contributed by atoms with Crippen molar-refractivity contribution in [3.63, 3.8) is 0 Å². The van der Waals surface area contributed by atoms with Crippen LogP contribution in [-0.4, -0.2) is 77.6 Å². The van der Waals surface area contributed by atoms with Crippen LogP contribution in [0.2, 0.25) is 0 Å². The van der Waals surface area contributed by atoms with Gasteiger partial charge in [-0.05, 0) is 37.8 Å². The summed E-state index contributed by atoms with van der Waals surface area (Å²) in [4.78, 5) is 24.8. The Balaban J connectivity index is 0.000000345. The van der Waals surface area contributed by atoms with Crippen molar-refractivity contribution in [2.75, 3.05) is 32.1 Å². The lowest BCUT2D eigenvalue weighted by Gasteiger charge is -2.34. The van der Waals surface area contributed by atoms with Crippen LogP contribution in [0.4, 0.5) is 19.0 Å². The average Bonchev–Trinajstić information content (AvgIpc) is 3.04. The number of nitrogens with zero attached hydrogens (tertiary/aromatic N) is 4. The van der Waals surface area contributed by atoms with E-state index in [1.165, 1.54) is 0 Å². The SMILES string of the molecule is Cc1ccc(N2CC[C@H]3C[C@H](C(=O)N(C)C)O[C@@H]3C2)nn1.O=C(O)C(F)(F)F. The minimum atomic E-state index is -5.08. The third-order valence-corrected chi connectivity index (χ3v) is 4.62. The van der Waals surface area contributed by atoms with Crippen molar-refractivity contribution in [2.45, 2.75) is 38.1 Å². The number of anilines is 1. The fourth-order valence-electron chi connectivity index (χ4n) is 3.15. The number of rotatable bonds is 2. The van der Waals surface area contributed by atoms with E-state index in [2.05, 4.69) is 15.1 Å². The number of alkyl halides is 3. The molecule has 156 valence electrons. The summed E-state index contributed by atoms with van der Waals surface area (Å²) in [5, 5.41) is 15.5. The molecule has 0 spiro atoms. The number of carbonyl (C=O) groups excluding carboxylic acids is 1. The van der Waals surface area contributed by atoms with E-state index in [4.69, 9.17) is 14.6 Å². The highest BCUT2D eigenvalue weighted by Crippen LogP contribution is 2.34. The van der Waals surface area contributed by atoms with Gasteiger partial charge >= 0.3 is 12.1 Å². The molecule has 0 aromatic carbocycles. The quantitative estimate of drug-likeness (QED) is 0.798. The fraction of sp³-hybridized carbons (Fsp3) is 0.647. The molecule has 3 rings (SSSR count). The number of ether oxygens (including phenoxy) is 1. The number of aryl methyl sites for hydroxylation is 1. The van der Waals surface area contributed by atoms with Gasteiger partial charge < -0.3 is 19.6 Å². The van der Waals surface area contributed by atoms with E-state index in [0.717, 1.165) is 37.4 Å². The molecule has 0 saturated carbocycles. The topological polar surface area (TPSA) is 95.9 Å². The Bertz CT molecular complexity index is 697. The Morgan fingerprint density at radius 3 is 2.43 bits per heavy atom. The third kappa shape index (κ3) is 5.54. The lowest BCUT2D eigenvalue weighted by atomic mass is 9.91. The average molecular weight is 404 g/mol. The second-order valence-corrected chi connectivity index (χ2v) is 6.96. The molecule has 1 aromatic rings. The van der Waals surface area contributed by atoms with Gasteiger partial charge in [0.2, 0.25) is 0 Å². The lowest BCUT2D eigenvalue weighted by Crippen LogP contribution is -2.43. The number of piperidine rings is 1. The summed E-state index contributed by atoms with van der Waals surface area (Å²) >= 11 is 0. The van der Waals surface area contributed by atoms with Gasteiger partial charge in [0, 0.05) is 27.2 Å². The van der Waals surface area contributed by atoms with Crippen LogP contribution >= 0.6 is 0 Å². The minimum Gasteiger partial charge on any atom is -0.475 e. The van der Waals surface area contributed by atoms with Gasteiger partial charge in [-0.15, -0.1) is 5.10 Å². The van der Waals surface area contributed by atoms with Crippen molar-refractivity contribution in [1.82, 2.24) is 15.1 Å². The molecule has 11 heteroatoms. The molecule has 3 heterocycles. The van der Waals surface area contributed by atoms with Gasteiger partial charge in [0.1, 0.15) is 6.10 Å². The summed E-state index contributed by atoms with van der Waals surface area (Å²) < 4.78 is 37.7. The number of carbonyl (C=O) groups is 2. The molecule has 1 amide bonds. The van der Waals surface area contributed by atoms with Crippen LogP contribution in [0.3, 0.4) is 0 Å². The second kappa shape index (κ2) is 8.72. The van der Waals surface area contributed by atoms with Crippen LogP contribution < -0.4 is 4.90 Å². The van der Waals surface area contributed by atoms with Crippen LogP contribution in [0.1, 0.15) is 18.5 Å².